The molecule has 0 aliphatic carbocycles. The Kier molecular flexibility index (Phi) is 5.29. The van der Waals surface area contributed by atoms with Gasteiger partial charge in [-0.25, -0.2) is 4.79 Å². The number of benzene rings is 1. The van der Waals surface area contributed by atoms with Crippen molar-refractivity contribution in [1.29, 1.82) is 0 Å². The summed E-state index contributed by atoms with van der Waals surface area (Å²) in [6, 6.07) is 3.82. The molecule has 1 saturated heterocycles. The number of likely N-dealkylation sites (tertiary alicyclic amines) is 1. The molecule has 2 amide bonds. The van der Waals surface area contributed by atoms with E-state index in [2.05, 4.69) is 5.32 Å². The molecule has 1 aromatic rings. The molecular weight excluding hydrogens is 304 g/mol. The number of carbonyl (C=O) groups is 2. The normalized spacial score (nSPS) is 15.5. The van der Waals surface area contributed by atoms with Crippen LogP contribution in [0.4, 0.5) is 10.5 Å². The quantitative estimate of drug-likeness (QED) is 0.907. The molecule has 22 heavy (non-hydrogen) atoms. The van der Waals surface area contributed by atoms with Gasteiger partial charge in [-0.2, -0.15) is 0 Å². The van der Waals surface area contributed by atoms with Crippen LogP contribution in [0.3, 0.4) is 0 Å². The van der Waals surface area contributed by atoms with Crippen LogP contribution in [0, 0.1) is 19.8 Å². The minimum absolute atomic E-state index is 0.0432. The van der Waals surface area contributed by atoms with Crippen molar-refractivity contribution >= 4 is 29.3 Å². The van der Waals surface area contributed by atoms with Gasteiger partial charge in [0.1, 0.15) is 0 Å². The average molecular weight is 325 g/mol. The summed E-state index contributed by atoms with van der Waals surface area (Å²) in [4.78, 5) is 25.5. The van der Waals surface area contributed by atoms with Gasteiger partial charge in [-0.3, -0.25) is 4.79 Å². The molecule has 0 radical (unpaired) electrons. The third kappa shape index (κ3) is 3.71. The molecule has 1 heterocycles. The van der Waals surface area contributed by atoms with E-state index in [1.165, 1.54) is 7.11 Å². The van der Waals surface area contributed by atoms with Crippen LogP contribution < -0.4 is 5.32 Å². The van der Waals surface area contributed by atoms with Crippen molar-refractivity contribution in [3.8, 4) is 0 Å². The predicted molar refractivity (Wildman–Crippen MR) is 86.3 cm³/mol. The fraction of sp³-hybridized carbons (Fsp3) is 0.500. The van der Waals surface area contributed by atoms with Gasteiger partial charge in [0.05, 0.1) is 17.8 Å². The number of carbonyl (C=O) groups excluding carboxylic acids is 2. The minimum Gasteiger partial charge on any atom is -0.453 e. The number of anilines is 1. The third-order valence-corrected chi connectivity index (χ3v) is 4.28. The van der Waals surface area contributed by atoms with Crippen LogP contribution in [-0.4, -0.2) is 37.1 Å². The SMILES string of the molecule is COC(=O)N1CCC(C(=O)Nc2c(C)cc(C)cc2Cl)CC1. The van der Waals surface area contributed by atoms with Gasteiger partial charge in [-0.1, -0.05) is 17.7 Å². The monoisotopic (exact) mass is 324 g/mol. The first-order valence-corrected chi connectivity index (χ1v) is 7.70. The minimum atomic E-state index is -0.337. The summed E-state index contributed by atoms with van der Waals surface area (Å²) in [6.45, 7) is 4.96. The molecule has 0 bridgehead atoms. The summed E-state index contributed by atoms with van der Waals surface area (Å²) in [5, 5.41) is 3.48. The van der Waals surface area contributed by atoms with Gasteiger partial charge in [0.15, 0.2) is 0 Å². The smallest absolute Gasteiger partial charge is 0.409 e. The molecular formula is C16H21ClN2O3. The number of halogens is 1. The fourth-order valence-corrected chi connectivity index (χ4v) is 3.12. The predicted octanol–water partition coefficient (Wildman–Crippen LogP) is 3.37. The van der Waals surface area contributed by atoms with Crippen LogP contribution in [0.5, 0.6) is 0 Å². The van der Waals surface area contributed by atoms with Crippen molar-refractivity contribution in [2.45, 2.75) is 26.7 Å². The molecule has 0 unspecified atom stereocenters. The van der Waals surface area contributed by atoms with Gasteiger partial charge in [-0.15, -0.1) is 0 Å². The number of hydrogen-bond donors (Lipinski definition) is 1. The van der Waals surface area contributed by atoms with Gasteiger partial charge in [0.25, 0.3) is 0 Å². The lowest BCUT2D eigenvalue weighted by Crippen LogP contribution is -2.41. The summed E-state index contributed by atoms with van der Waals surface area (Å²) < 4.78 is 4.69. The standard InChI is InChI=1S/C16H21ClN2O3/c1-10-8-11(2)14(13(17)9-10)18-15(20)12-4-6-19(7-5-12)16(21)22-3/h8-9,12H,4-7H2,1-3H3,(H,18,20). The highest BCUT2D eigenvalue weighted by Gasteiger charge is 2.28. The number of amides is 2. The molecule has 5 nitrogen and oxygen atoms in total. The topological polar surface area (TPSA) is 58.6 Å². The van der Waals surface area contributed by atoms with Crippen LogP contribution >= 0.6 is 11.6 Å². The van der Waals surface area contributed by atoms with E-state index in [4.69, 9.17) is 16.3 Å². The second kappa shape index (κ2) is 7.01. The third-order valence-electron chi connectivity index (χ3n) is 3.98. The summed E-state index contributed by atoms with van der Waals surface area (Å²) >= 11 is 6.22. The molecule has 120 valence electrons. The van der Waals surface area contributed by atoms with E-state index < -0.39 is 0 Å². The van der Waals surface area contributed by atoms with Gasteiger partial charge in [-0.05, 0) is 43.9 Å². The Balaban J connectivity index is 1.98. The Morgan fingerprint density at radius 1 is 1.27 bits per heavy atom. The lowest BCUT2D eigenvalue weighted by molar-refractivity contribution is -0.121. The van der Waals surface area contributed by atoms with E-state index in [1.54, 1.807) is 4.90 Å². The van der Waals surface area contributed by atoms with Gasteiger partial charge in [0, 0.05) is 19.0 Å². The number of aryl methyl sites for hydroxylation is 2. The Morgan fingerprint density at radius 3 is 2.45 bits per heavy atom. The van der Waals surface area contributed by atoms with E-state index >= 15 is 0 Å². The first-order valence-electron chi connectivity index (χ1n) is 7.33. The number of methoxy groups -OCH3 is 1. The molecule has 0 saturated carbocycles. The fourth-order valence-electron chi connectivity index (χ4n) is 2.75. The Labute approximate surface area is 135 Å². The Hall–Kier alpha value is -1.75. The molecule has 1 aliphatic rings. The van der Waals surface area contributed by atoms with E-state index in [1.807, 2.05) is 26.0 Å². The number of nitrogens with one attached hydrogen (secondary N) is 1. The summed E-state index contributed by atoms with van der Waals surface area (Å²) in [5.74, 6) is -0.156. The van der Waals surface area contributed by atoms with E-state index in [-0.39, 0.29) is 17.9 Å². The van der Waals surface area contributed by atoms with Gasteiger partial charge >= 0.3 is 6.09 Å². The van der Waals surface area contributed by atoms with Crippen molar-refractivity contribution in [2.75, 3.05) is 25.5 Å². The molecule has 1 fully saturated rings. The lowest BCUT2D eigenvalue weighted by atomic mass is 9.96. The zero-order valence-electron chi connectivity index (χ0n) is 13.1. The van der Waals surface area contributed by atoms with Crippen LogP contribution in [-0.2, 0) is 9.53 Å². The molecule has 1 N–H and O–H groups in total. The zero-order valence-corrected chi connectivity index (χ0v) is 13.9. The highest BCUT2D eigenvalue weighted by molar-refractivity contribution is 6.34. The van der Waals surface area contributed by atoms with E-state index in [0.717, 1.165) is 11.1 Å². The van der Waals surface area contributed by atoms with Crippen molar-refractivity contribution in [3.05, 3.63) is 28.3 Å². The van der Waals surface area contributed by atoms with E-state index in [9.17, 15) is 9.59 Å². The Bertz CT molecular complexity index is 558. The van der Waals surface area contributed by atoms with Crippen molar-refractivity contribution in [2.24, 2.45) is 5.92 Å². The van der Waals surface area contributed by atoms with Gasteiger partial charge in [0.2, 0.25) is 5.91 Å². The molecule has 0 aromatic heterocycles. The second-order valence-electron chi connectivity index (χ2n) is 5.66. The molecule has 0 atom stereocenters. The average Bonchev–Trinajstić information content (AvgIpc) is 2.50. The maximum Gasteiger partial charge on any atom is 0.409 e. The number of rotatable bonds is 2. The number of nitrogens with zero attached hydrogens (tertiary/aromatic N) is 1. The number of hydrogen-bond acceptors (Lipinski definition) is 3. The second-order valence-corrected chi connectivity index (χ2v) is 6.07. The maximum absolute atomic E-state index is 12.4. The highest BCUT2D eigenvalue weighted by atomic mass is 35.5. The largest absolute Gasteiger partial charge is 0.453 e. The first-order chi connectivity index (χ1) is 10.4. The Morgan fingerprint density at radius 2 is 1.91 bits per heavy atom. The summed E-state index contributed by atoms with van der Waals surface area (Å²) in [6.07, 6.45) is 0.920. The van der Waals surface area contributed by atoms with E-state index in [0.29, 0.717) is 36.6 Å². The lowest BCUT2D eigenvalue weighted by Gasteiger charge is -2.30. The van der Waals surface area contributed by atoms with Gasteiger partial charge < -0.3 is 15.0 Å². The number of piperidine rings is 1. The highest BCUT2D eigenvalue weighted by Crippen LogP contribution is 2.29. The number of ether oxygens (including phenoxy) is 1. The molecule has 6 heteroatoms. The summed E-state index contributed by atoms with van der Waals surface area (Å²) in [5.41, 5.74) is 2.69. The van der Waals surface area contributed by atoms with Crippen LogP contribution in [0.1, 0.15) is 24.0 Å². The van der Waals surface area contributed by atoms with Crippen molar-refractivity contribution in [3.63, 3.8) is 0 Å². The molecule has 1 aromatic carbocycles. The summed E-state index contributed by atoms with van der Waals surface area (Å²) in [7, 11) is 1.36. The van der Waals surface area contributed by atoms with Crippen LogP contribution in [0.2, 0.25) is 5.02 Å². The first kappa shape index (κ1) is 16.6. The van der Waals surface area contributed by atoms with Crippen molar-refractivity contribution in [1.82, 2.24) is 4.90 Å². The maximum atomic E-state index is 12.4. The zero-order chi connectivity index (χ0) is 16.3. The van der Waals surface area contributed by atoms with Crippen LogP contribution in [0.25, 0.3) is 0 Å². The molecule has 2 rings (SSSR count). The van der Waals surface area contributed by atoms with Crippen molar-refractivity contribution < 1.29 is 14.3 Å². The molecule has 0 spiro atoms. The molecule has 1 aliphatic heterocycles. The van der Waals surface area contributed by atoms with Crippen LogP contribution in [0.15, 0.2) is 12.1 Å².